The first kappa shape index (κ1) is 10.6. The highest BCUT2D eigenvalue weighted by Gasteiger charge is 2.05. The number of aromatic nitrogens is 2. The summed E-state index contributed by atoms with van der Waals surface area (Å²) >= 11 is 17.0. The maximum Gasteiger partial charge on any atom is 0.150 e. The van der Waals surface area contributed by atoms with Gasteiger partial charge in [0.25, 0.3) is 0 Å². The first-order chi connectivity index (χ1) is 7.18. The van der Waals surface area contributed by atoms with Crippen LogP contribution in [0.1, 0.15) is 0 Å². The van der Waals surface area contributed by atoms with E-state index >= 15 is 0 Å². The van der Waals surface area contributed by atoms with Crippen LogP contribution in [0.15, 0.2) is 30.3 Å². The first-order valence-electron chi connectivity index (χ1n) is 4.18. The van der Waals surface area contributed by atoms with Gasteiger partial charge in [0.15, 0.2) is 0 Å². The van der Waals surface area contributed by atoms with Crippen LogP contribution in [0.2, 0.25) is 10.2 Å². The standard InChI is InChI=1S/C10H6Cl2N2S/c11-8-4-2-1-3-6(8)7-5-9(12)13-14-10(7)15/h1-5H,(H,14,15). The molecule has 0 aliphatic heterocycles. The lowest BCUT2D eigenvalue weighted by atomic mass is 10.1. The molecule has 1 aromatic heterocycles. The van der Waals surface area contributed by atoms with Crippen LogP contribution in [-0.4, -0.2) is 10.2 Å². The van der Waals surface area contributed by atoms with Gasteiger partial charge in [-0.05, 0) is 12.1 Å². The normalized spacial score (nSPS) is 10.3. The minimum Gasteiger partial charge on any atom is -0.266 e. The van der Waals surface area contributed by atoms with Crippen molar-refractivity contribution >= 4 is 35.4 Å². The van der Waals surface area contributed by atoms with Crippen molar-refractivity contribution in [3.05, 3.63) is 45.1 Å². The molecule has 2 nitrogen and oxygen atoms in total. The van der Waals surface area contributed by atoms with Crippen LogP contribution in [0.25, 0.3) is 11.1 Å². The number of benzene rings is 1. The molecule has 0 amide bonds. The van der Waals surface area contributed by atoms with E-state index in [9.17, 15) is 0 Å². The molecule has 15 heavy (non-hydrogen) atoms. The van der Waals surface area contributed by atoms with E-state index < -0.39 is 0 Å². The molecule has 0 unspecified atom stereocenters. The zero-order valence-electron chi connectivity index (χ0n) is 7.50. The molecule has 0 spiro atoms. The van der Waals surface area contributed by atoms with Crippen molar-refractivity contribution in [1.82, 2.24) is 10.2 Å². The quantitative estimate of drug-likeness (QED) is 0.778. The molecule has 5 heteroatoms. The number of aromatic amines is 1. The lowest BCUT2D eigenvalue weighted by Crippen LogP contribution is -1.88. The summed E-state index contributed by atoms with van der Waals surface area (Å²) in [6, 6.07) is 9.14. The Bertz CT molecular complexity index is 551. The predicted molar refractivity (Wildman–Crippen MR) is 64.9 cm³/mol. The number of nitrogens with one attached hydrogen (secondary N) is 1. The third-order valence-electron chi connectivity index (χ3n) is 1.94. The molecule has 0 saturated heterocycles. The van der Waals surface area contributed by atoms with Gasteiger partial charge >= 0.3 is 0 Å². The van der Waals surface area contributed by atoms with Gasteiger partial charge in [-0.1, -0.05) is 53.6 Å². The molecule has 1 heterocycles. The second-order valence-electron chi connectivity index (χ2n) is 2.91. The Balaban J connectivity index is 2.69. The van der Waals surface area contributed by atoms with Crippen molar-refractivity contribution < 1.29 is 0 Å². The summed E-state index contributed by atoms with van der Waals surface area (Å²) in [5, 5.41) is 7.45. The van der Waals surface area contributed by atoms with Crippen LogP contribution < -0.4 is 0 Å². The summed E-state index contributed by atoms with van der Waals surface area (Å²) < 4.78 is 0.521. The van der Waals surface area contributed by atoms with Gasteiger partial charge in [-0.25, -0.2) is 0 Å². The largest absolute Gasteiger partial charge is 0.266 e. The molecule has 2 rings (SSSR count). The summed E-state index contributed by atoms with van der Waals surface area (Å²) in [6.45, 7) is 0. The molecule has 0 fully saturated rings. The molecule has 0 aliphatic carbocycles. The van der Waals surface area contributed by atoms with Gasteiger partial charge in [0.2, 0.25) is 0 Å². The average Bonchev–Trinajstić information content (AvgIpc) is 2.23. The van der Waals surface area contributed by atoms with Gasteiger partial charge in [-0.15, -0.1) is 0 Å². The molecule has 0 aliphatic rings. The smallest absolute Gasteiger partial charge is 0.150 e. The van der Waals surface area contributed by atoms with Crippen molar-refractivity contribution in [1.29, 1.82) is 0 Å². The Kier molecular flexibility index (Phi) is 3.05. The second-order valence-corrected chi connectivity index (χ2v) is 4.12. The highest BCUT2D eigenvalue weighted by Crippen LogP contribution is 2.28. The van der Waals surface area contributed by atoms with Gasteiger partial charge in [-0.2, -0.15) is 5.10 Å². The Morgan fingerprint density at radius 3 is 2.60 bits per heavy atom. The maximum absolute atomic E-state index is 6.06. The molecular formula is C10H6Cl2N2S. The number of halogens is 2. The Morgan fingerprint density at radius 1 is 1.13 bits per heavy atom. The maximum atomic E-state index is 6.06. The fourth-order valence-corrected chi connectivity index (χ4v) is 1.86. The molecule has 1 N–H and O–H groups in total. The van der Waals surface area contributed by atoms with E-state index in [-0.39, 0.29) is 0 Å². The van der Waals surface area contributed by atoms with Crippen LogP contribution in [0.5, 0.6) is 0 Å². The van der Waals surface area contributed by atoms with Crippen molar-refractivity contribution in [3.8, 4) is 11.1 Å². The van der Waals surface area contributed by atoms with Gasteiger partial charge in [-0.3, -0.25) is 5.10 Å². The Labute approximate surface area is 102 Å². The van der Waals surface area contributed by atoms with Crippen LogP contribution in [0, 0.1) is 4.64 Å². The van der Waals surface area contributed by atoms with Crippen molar-refractivity contribution in [2.45, 2.75) is 0 Å². The molecular weight excluding hydrogens is 251 g/mol. The third kappa shape index (κ3) is 2.20. The Hall–Kier alpha value is -0.900. The van der Waals surface area contributed by atoms with E-state index in [1.165, 1.54) is 0 Å². The average molecular weight is 257 g/mol. The van der Waals surface area contributed by atoms with Crippen LogP contribution in [0.4, 0.5) is 0 Å². The van der Waals surface area contributed by atoms with E-state index in [1.54, 1.807) is 12.1 Å². The molecule has 0 bridgehead atoms. The minimum atomic E-state index is 0.360. The summed E-state index contributed by atoms with van der Waals surface area (Å²) in [5.74, 6) is 0. The van der Waals surface area contributed by atoms with E-state index in [0.29, 0.717) is 14.8 Å². The summed E-state index contributed by atoms with van der Waals surface area (Å²) in [6.07, 6.45) is 0. The zero-order valence-corrected chi connectivity index (χ0v) is 9.83. The highest BCUT2D eigenvalue weighted by atomic mass is 35.5. The lowest BCUT2D eigenvalue weighted by molar-refractivity contribution is 1.02. The summed E-state index contributed by atoms with van der Waals surface area (Å²) in [4.78, 5) is 0. The number of hydrogen-bond acceptors (Lipinski definition) is 2. The number of H-pyrrole nitrogens is 1. The summed E-state index contributed by atoms with van der Waals surface area (Å²) in [7, 11) is 0. The van der Waals surface area contributed by atoms with E-state index in [1.807, 2.05) is 18.2 Å². The van der Waals surface area contributed by atoms with Crippen molar-refractivity contribution in [3.63, 3.8) is 0 Å². The van der Waals surface area contributed by atoms with Crippen molar-refractivity contribution in [2.24, 2.45) is 0 Å². The number of nitrogens with zero attached hydrogens (tertiary/aromatic N) is 1. The van der Waals surface area contributed by atoms with E-state index in [2.05, 4.69) is 10.2 Å². The molecule has 2 aromatic rings. The molecule has 0 atom stereocenters. The van der Waals surface area contributed by atoms with Crippen LogP contribution in [0.3, 0.4) is 0 Å². The molecule has 0 radical (unpaired) electrons. The van der Waals surface area contributed by atoms with Crippen LogP contribution in [-0.2, 0) is 0 Å². The van der Waals surface area contributed by atoms with E-state index in [0.717, 1.165) is 11.1 Å². The van der Waals surface area contributed by atoms with Gasteiger partial charge in [0.05, 0.1) is 0 Å². The topological polar surface area (TPSA) is 28.7 Å². The molecule has 1 aromatic carbocycles. The zero-order chi connectivity index (χ0) is 10.8. The second kappa shape index (κ2) is 4.31. The third-order valence-corrected chi connectivity index (χ3v) is 2.77. The number of hydrogen-bond donors (Lipinski definition) is 1. The van der Waals surface area contributed by atoms with Gasteiger partial charge in [0.1, 0.15) is 9.79 Å². The molecule has 76 valence electrons. The fraction of sp³-hybridized carbons (Fsp3) is 0. The summed E-state index contributed by atoms with van der Waals surface area (Å²) in [5.41, 5.74) is 1.64. The van der Waals surface area contributed by atoms with Crippen LogP contribution >= 0.6 is 35.4 Å². The lowest BCUT2D eigenvalue weighted by Gasteiger charge is -2.03. The predicted octanol–water partition coefficient (Wildman–Crippen LogP) is 4.11. The van der Waals surface area contributed by atoms with E-state index in [4.69, 9.17) is 35.4 Å². The highest BCUT2D eigenvalue weighted by molar-refractivity contribution is 7.71. The minimum absolute atomic E-state index is 0.360. The molecule has 0 saturated carbocycles. The fourth-order valence-electron chi connectivity index (χ4n) is 1.26. The first-order valence-corrected chi connectivity index (χ1v) is 5.35. The number of rotatable bonds is 1. The van der Waals surface area contributed by atoms with Crippen molar-refractivity contribution in [2.75, 3.05) is 0 Å². The monoisotopic (exact) mass is 256 g/mol. The SMILES string of the molecule is S=c1[nH]nc(Cl)cc1-c1ccccc1Cl. The van der Waals surface area contributed by atoms with Gasteiger partial charge < -0.3 is 0 Å². The van der Waals surface area contributed by atoms with Gasteiger partial charge in [0, 0.05) is 16.1 Å². The Morgan fingerprint density at radius 2 is 1.87 bits per heavy atom.